The van der Waals surface area contributed by atoms with E-state index in [1.807, 2.05) is 6.07 Å². The molecule has 0 radical (unpaired) electrons. The number of pyridine rings is 1. The van der Waals surface area contributed by atoms with E-state index in [4.69, 9.17) is 17.4 Å². The summed E-state index contributed by atoms with van der Waals surface area (Å²) >= 11 is 6.14. The normalized spacial score (nSPS) is 15.3. The number of rotatable bonds is 6. The van der Waals surface area contributed by atoms with Crippen LogP contribution in [0.15, 0.2) is 18.5 Å². The van der Waals surface area contributed by atoms with Crippen molar-refractivity contribution in [3.8, 4) is 0 Å². The van der Waals surface area contributed by atoms with Crippen LogP contribution < -0.4 is 11.3 Å². The molecule has 4 heteroatoms. The molecule has 1 rings (SSSR count). The largest absolute Gasteiger partial charge is 0.271 e. The molecule has 0 aliphatic carbocycles. The first-order valence-electron chi connectivity index (χ1n) is 6.86. The van der Waals surface area contributed by atoms with E-state index in [1.165, 1.54) is 6.42 Å². The fourth-order valence-corrected chi connectivity index (χ4v) is 2.86. The Balaban J connectivity index is 2.57. The SMILES string of the molecule is CC(CC(Cc1ccncc1Cl)NN)CC(C)(C)C. The zero-order valence-corrected chi connectivity index (χ0v) is 13.2. The Morgan fingerprint density at radius 3 is 2.63 bits per heavy atom. The molecule has 3 N–H and O–H groups in total. The number of nitrogens with zero attached hydrogens (tertiary/aromatic N) is 1. The van der Waals surface area contributed by atoms with E-state index >= 15 is 0 Å². The lowest BCUT2D eigenvalue weighted by molar-refractivity contribution is 0.274. The second kappa shape index (κ2) is 7.22. The smallest absolute Gasteiger partial charge is 0.0621 e. The summed E-state index contributed by atoms with van der Waals surface area (Å²) in [4.78, 5) is 4.00. The first kappa shape index (κ1) is 16.4. The predicted molar refractivity (Wildman–Crippen MR) is 81.9 cm³/mol. The highest BCUT2D eigenvalue weighted by Crippen LogP contribution is 2.27. The Morgan fingerprint density at radius 1 is 1.42 bits per heavy atom. The summed E-state index contributed by atoms with van der Waals surface area (Å²) in [6.45, 7) is 9.10. The van der Waals surface area contributed by atoms with Gasteiger partial charge in [0.2, 0.25) is 0 Å². The van der Waals surface area contributed by atoms with Gasteiger partial charge in [0.1, 0.15) is 0 Å². The Kier molecular flexibility index (Phi) is 6.24. The van der Waals surface area contributed by atoms with Gasteiger partial charge in [-0.3, -0.25) is 16.3 Å². The van der Waals surface area contributed by atoms with Crippen LogP contribution >= 0.6 is 11.6 Å². The maximum Gasteiger partial charge on any atom is 0.0621 e. The third-order valence-corrected chi connectivity index (χ3v) is 3.55. The average Bonchev–Trinajstić information content (AvgIpc) is 2.28. The van der Waals surface area contributed by atoms with E-state index in [2.05, 4.69) is 38.1 Å². The Hall–Kier alpha value is -0.640. The summed E-state index contributed by atoms with van der Waals surface area (Å²) in [7, 11) is 0. The molecule has 0 saturated heterocycles. The molecule has 0 fully saturated rings. The van der Waals surface area contributed by atoms with Crippen molar-refractivity contribution in [1.29, 1.82) is 0 Å². The van der Waals surface area contributed by atoms with E-state index in [-0.39, 0.29) is 6.04 Å². The van der Waals surface area contributed by atoms with Gasteiger partial charge in [0.15, 0.2) is 0 Å². The molecule has 0 aliphatic heterocycles. The molecular formula is C15H26ClN3. The van der Waals surface area contributed by atoms with Crippen molar-refractivity contribution in [2.45, 2.75) is 53.0 Å². The van der Waals surface area contributed by atoms with Gasteiger partial charge in [-0.1, -0.05) is 39.3 Å². The third-order valence-electron chi connectivity index (χ3n) is 3.21. The fraction of sp³-hybridized carbons (Fsp3) is 0.667. The highest BCUT2D eigenvalue weighted by molar-refractivity contribution is 6.31. The molecule has 0 bridgehead atoms. The fourth-order valence-electron chi connectivity index (χ4n) is 2.66. The lowest BCUT2D eigenvalue weighted by atomic mass is 9.82. The van der Waals surface area contributed by atoms with Crippen molar-refractivity contribution in [1.82, 2.24) is 10.4 Å². The number of hydrogen-bond acceptors (Lipinski definition) is 3. The second-order valence-electron chi connectivity index (χ2n) is 6.64. The zero-order valence-electron chi connectivity index (χ0n) is 12.4. The standard InChI is InChI=1S/C15H26ClN3/c1-11(9-15(2,3)4)7-13(19-17)8-12-5-6-18-10-14(12)16/h5-6,10-11,13,19H,7-9,17H2,1-4H3. The minimum atomic E-state index is 0.247. The Morgan fingerprint density at radius 2 is 2.11 bits per heavy atom. The number of aromatic nitrogens is 1. The van der Waals surface area contributed by atoms with Gasteiger partial charge in [0.25, 0.3) is 0 Å². The summed E-state index contributed by atoms with van der Waals surface area (Å²) in [5.74, 6) is 6.30. The van der Waals surface area contributed by atoms with Crippen LogP contribution in [-0.2, 0) is 6.42 Å². The number of nitrogens with two attached hydrogens (primary N) is 1. The summed E-state index contributed by atoms with van der Waals surface area (Å²) in [6.07, 6.45) is 6.53. The van der Waals surface area contributed by atoms with Crippen LogP contribution in [0.1, 0.15) is 46.1 Å². The first-order chi connectivity index (χ1) is 8.81. The molecule has 0 aliphatic rings. The lowest BCUT2D eigenvalue weighted by Crippen LogP contribution is -2.38. The van der Waals surface area contributed by atoms with Crippen LogP contribution in [0.25, 0.3) is 0 Å². The molecule has 1 heterocycles. The van der Waals surface area contributed by atoms with Crippen molar-refractivity contribution in [3.63, 3.8) is 0 Å². The van der Waals surface area contributed by atoms with Gasteiger partial charge in [0, 0.05) is 18.4 Å². The zero-order chi connectivity index (χ0) is 14.5. The van der Waals surface area contributed by atoms with Crippen molar-refractivity contribution in [2.75, 3.05) is 0 Å². The number of hydrogen-bond donors (Lipinski definition) is 2. The minimum absolute atomic E-state index is 0.247. The van der Waals surface area contributed by atoms with Crippen LogP contribution in [0.2, 0.25) is 5.02 Å². The van der Waals surface area contributed by atoms with E-state index in [0.717, 1.165) is 18.4 Å². The highest BCUT2D eigenvalue weighted by atomic mass is 35.5. The monoisotopic (exact) mass is 283 g/mol. The van der Waals surface area contributed by atoms with Crippen LogP contribution in [0.5, 0.6) is 0 Å². The molecule has 108 valence electrons. The lowest BCUT2D eigenvalue weighted by Gasteiger charge is -2.26. The maximum atomic E-state index is 6.14. The molecule has 1 aromatic rings. The van der Waals surface area contributed by atoms with E-state index < -0.39 is 0 Å². The van der Waals surface area contributed by atoms with Crippen LogP contribution in [-0.4, -0.2) is 11.0 Å². The van der Waals surface area contributed by atoms with Gasteiger partial charge in [0.05, 0.1) is 5.02 Å². The van der Waals surface area contributed by atoms with Crippen molar-refractivity contribution >= 4 is 11.6 Å². The molecule has 0 spiro atoms. The minimum Gasteiger partial charge on any atom is -0.271 e. The summed E-state index contributed by atoms with van der Waals surface area (Å²) in [6, 6.07) is 2.21. The Bertz CT molecular complexity index is 387. The second-order valence-corrected chi connectivity index (χ2v) is 7.05. The molecular weight excluding hydrogens is 258 g/mol. The van der Waals surface area contributed by atoms with Gasteiger partial charge in [-0.05, 0) is 42.2 Å². The quantitative estimate of drug-likeness (QED) is 0.620. The molecule has 0 saturated carbocycles. The third kappa shape index (κ3) is 6.37. The maximum absolute atomic E-state index is 6.14. The molecule has 0 amide bonds. The Labute approximate surface area is 121 Å². The van der Waals surface area contributed by atoms with Gasteiger partial charge in [-0.25, -0.2) is 0 Å². The molecule has 3 nitrogen and oxygen atoms in total. The predicted octanol–water partition coefficient (Wildman–Crippen LogP) is 3.57. The van der Waals surface area contributed by atoms with Gasteiger partial charge in [-0.15, -0.1) is 0 Å². The van der Waals surface area contributed by atoms with Crippen molar-refractivity contribution < 1.29 is 0 Å². The summed E-state index contributed by atoms with van der Waals surface area (Å²) in [5, 5.41) is 0.714. The molecule has 1 aromatic heterocycles. The van der Waals surface area contributed by atoms with Crippen molar-refractivity contribution in [3.05, 3.63) is 29.0 Å². The van der Waals surface area contributed by atoms with Gasteiger partial charge < -0.3 is 0 Å². The average molecular weight is 284 g/mol. The number of hydrazine groups is 1. The molecule has 2 unspecified atom stereocenters. The summed E-state index contributed by atoms with van der Waals surface area (Å²) < 4.78 is 0. The van der Waals surface area contributed by atoms with E-state index in [9.17, 15) is 0 Å². The van der Waals surface area contributed by atoms with Gasteiger partial charge >= 0.3 is 0 Å². The highest BCUT2D eigenvalue weighted by Gasteiger charge is 2.19. The number of nitrogens with one attached hydrogen (secondary N) is 1. The van der Waals surface area contributed by atoms with Gasteiger partial charge in [-0.2, -0.15) is 0 Å². The van der Waals surface area contributed by atoms with Crippen LogP contribution in [0.3, 0.4) is 0 Å². The summed E-state index contributed by atoms with van der Waals surface area (Å²) in [5.41, 5.74) is 4.37. The first-order valence-corrected chi connectivity index (χ1v) is 7.24. The molecule has 19 heavy (non-hydrogen) atoms. The van der Waals surface area contributed by atoms with Crippen molar-refractivity contribution in [2.24, 2.45) is 17.2 Å². The molecule has 2 atom stereocenters. The van der Waals surface area contributed by atoms with Crippen LogP contribution in [0.4, 0.5) is 0 Å². The van der Waals surface area contributed by atoms with Crippen LogP contribution in [0, 0.1) is 11.3 Å². The number of halogens is 1. The van der Waals surface area contributed by atoms with E-state index in [0.29, 0.717) is 16.4 Å². The van der Waals surface area contributed by atoms with E-state index in [1.54, 1.807) is 12.4 Å². The topological polar surface area (TPSA) is 50.9 Å². The molecule has 0 aromatic carbocycles.